The topological polar surface area (TPSA) is 45.4 Å². The Balaban J connectivity index is 1.89. The van der Waals surface area contributed by atoms with Gasteiger partial charge >= 0.3 is 0 Å². The van der Waals surface area contributed by atoms with Crippen molar-refractivity contribution >= 4 is 0 Å². The summed E-state index contributed by atoms with van der Waals surface area (Å²) in [6.07, 6.45) is 2.49. The molecule has 0 saturated carbocycles. The van der Waals surface area contributed by atoms with Crippen molar-refractivity contribution in [2.75, 3.05) is 13.2 Å². The average molecular weight is 259 g/mol. The van der Waals surface area contributed by atoms with E-state index >= 15 is 0 Å². The minimum Gasteiger partial charge on any atom is -0.468 e. The molecule has 19 heavy (non-hydrogen) atoms. The SMILES string of the molecule is Cc1ccoc1CNCC(CCO)c1ccccc1. The molecule has 0 aliphatic heterocycles. The van der Waals surface area contributed by atoms with Crippen LogP contribution in [0.1, 0.15) is 29.2 Å². The van der Waals surface area contributed by atoms with Crippen LogP contribution < -0.4 is 5.32 Å². The third-order valence-corrected chi connectivity index (χ3v) is 3.39. The minimum absolute atomic E-state index is 0.209. The molecule has 0 saturated heterocycles. The summed E-state index contributed by atoms with van der Waals surface area (Å²) < 4.78 is 5.40. The summed E-state index contributed by atoms with van der Waals surface area (Å²) in [5.74, 6) is 1.32. The van der Waals surface area contributed by atoms with Crippen molar-refractivity contribution in [3.05, 3.63) is 59.5 Å². The number of aliphatic hydroxyl groups is 1. The molecule has 2 N–H and O–H groups in total. The van der Waals surface area contributed by atoms with E-state index < -0.39 is 0 Å². The van der Waals surface area contributed by atoms with Crippen LogP contribution in [0.15, 0.2) is 47.1 Å². The zero-order valence-corrected chi connectivity index (χ0v) is 11.3. The Bertz CT molecular complexity index is 479. The molecule has 0 amide bonds. The van der Waals surface area contributed by atoms with Crippen LogP contribution in [0.2, 0.25) is 0 Å². The van der Waals surface area contributed by atoms with E-state index in [0.717, 1.165) is 25.3 Å². The van der Waals surface area contributed by atoms with Crippen LogP contribution in [0.5, 0.6) is 0 Å². The van der Waals surface area contributed by atoms with Gasteiger partial charge in [0.2, 0.25) is 0 Å². The van der Waals surface area contributed by atoms with Crippen molar-refractivity contribution in [1.82, 2.24) is 5.32 Å². The molecule has 1 atom stereocenters. The Labute approximate surface area is 114 Å². The summed E-state index contributed by atoms with van der Waals surface area (Å²) in [6.45, 7) is 3.82. The highest BCUT2D eigenvalue weighted by atomic mass is 16.3. The predicted molar refractivity (Wildman–Crippen MR) is 76.0 cm³/mol. The highest BCUT2D eigenvalue weighted by Gasteiger charge is 2.11. The fourth-order valence-electron chi connectivity index (χ4n) is 2.21. The van der Waals surface area contributed by atoms with Gasteiger partial charge in [0.05, 0.1) is 12.8 Å². The van der Waals surface area contributed by atoms with Crippen LogP contribution in [0.3, 0.4) is 0 Å². The van der Waals surface area contributed by atoms with Crippen LogP contribution in [-0.2, 0) is 6.54 Å². The van der Waals surface area contributed by atoms with Gasteiger partial charge in [-0.2, -0.15) is 0 Å². The second-order valence-electron chi connectivity index (χ2n) is 4.78. The first-order chi connectivity index (χ1) is 9.31. The second kappa shape index (κ2) is 7.12. The molecule has 0 spiro atoms. The molecule has 1 unspecified atom stereocenters. The van der Waals surface area contributed by atoms with Crippen molar-refractivity contribution in [2.45, 2.75) is 25.8 Å². The largest absolute Gasteiger partial charge is 0.468 e. The molecule has 3 nitrogen and oxygen atoms in total. The third kappa shape index (κ3) is 3.94. The Morgan fingerprint density at radius 2 is 2.00 bits per heavy atom. The van der Waals surface area contributed by atoms with E-state index in [-0.39, 0.29) is 6.61 Å². The third-order valence-electron chi connectivity index (χ3n) is 3.39. The van der Waals surface area contributed by atoms with Crippen molar-refractivity contribution in [3.8, 4) is 0 Å². The normalized spacial score (nSPS) is 12.5. The second-order valence-corrected chi connectivity index (χ2v) is 4.78. The van der Waals surface area contributed by atoms with Crippen LogP contribution in [0.25, 0.3) is 0 Å². The highest BCUT2D eigenvalue weighted by Crippen LogP contribution is 2.18. The van der Waals surface area contributed by atoms with Gasteiger partial charge in [-0.15, -0.1) is 0 Å². The van der Waals surface area contributed by atoms with E-state index in [4.69, 9.17) is 4.42 Å². The molecule has 0 fully saturated rings. The summed E-state index contributed by atoms with van der Waals surface area (Å²) in [4.78, 5) is 0. The standard InChI is InChI=1S/C16H21NO2/c1-13-8-10-19-16(13)12-17-11-15(7-9-18)14-5-3-2-4-6-14/h2-6,8,10,15,17-18H,7,9,11-12H2,1H3. The monoisotopic (exact) mass is 259 g/mol. The van der Waals surface area contributed by atoms with Gasteiger partial charge in [0, 0.05) is 13.2 Å². The average Bonchev–Trinajstić information content (AvgIpc) is 2.84. The molecule has 1 aromatic heterocycles. The van der Waals surface area contributed by atoms with Gasteiger partial charge in [-0.1, -0.05) is 30.3 Å². The summed E-state index contributed by atoms with van der Waals surface area (Å²) in [7, 11) is 0. The van der Waals surface area contributed by atoms with Crippen molar-refractivity contribution in [3.63, 3.8) is 0 Å². The van der Waals surface area contributed by atoms with Gasteiger partial charge in [-0.25, -0.2) is 0 Å². The maximum atomic E-state index is 9.18. The first kappa shape index (κ1) is 13.8. The number of aliphatic hydroxyl groups excluding tert-OH is 1. The van der Waals surface area contributed by atoms with E-state index in [0.29, 0.717) is 5.92 Å². The van der Waals surface area contributed by atoms with Crippen LogP contribution in [0.4, 0.5) is 0 Å². The van der Waals surface area contributed by atoms with Crippen LogP contribution >= 0.6 is 0 Å². The van der Waals surface area contributed by atoms with Gasteiger partial charge in [0.1, 0.15) is 5.76 Å². The molecule has 0 radical (unpaired) electrons. The van der Waals surface area contributed by atoms with Crippen LogP contribution in [-0.4, -0.2) is 18.3 Å². The quantitative estimate of drug-likeness (QED) is 0.803. The lowest BCUT2D eigenvalue weighted by Gasteiger charge is -2.16. The van der Waals surface area contributed by atoms with E-state index in [1.807, 2.05) is 31.2 Å². The van der Waals surface area contributed by atoms with E-state index in [1.165, 1.54) is 11.1 Å². The van der Waals surface area contributed by atoms with Gasteiger partial charge in [0.25, 0.3) is 0 Å². The maximum absolute atomic E-state index is 9.18. The summed E-state index contributed by atoms with van der Waals surface area (Å²) in [6, 6.07) is 12.3. The molecule has 1 aromatic carbocycles. The first-order valence-corrected chi connectivity index (χ1v) is 6.70. The first-order valence-electron chi connectivity index (χ1n) is 6.70. The number of furan rings is 1. The number of hydrogen-bond donors (Lipinski definition) is 2. The summed E-state index contributed by atoms with van der Waals surface area (Å²) in [5.41, 5.74) is 2.44. The lowest BCUT2D eigenvalue weighted by Crippen LogP contribution is -2.22. The number of nitrogens with one attached hydrogen (secondary N) is 1. The van der Waals surface area contributed by atoms with Gasteiger partial charge in [-0.3, -0.25) is 0 Å². The molecule has 0 aliphatic carbocycles. The Morgan fingerprint density at radius 3 is 2.63 bits per heavy atom. The number of hydrogen-bond acceptors (Lipinski definition) is 3. The summed E-state index contributed by atoms with van der Waals surface area (Å²) in [5, 5.41) is 12.6. The smallest absolute Gasteiger partial charge is 0.120 e. The van der Waals surface area contributed by atoms with E-state index in [9.17, 15) is 5.11 Å². The molecule has 0 bridgehead atoms. The van der Waals surface area contributed by atoms with E-state index in [2.05, 4.69) is 17.4 Å². The van der Waals surface area contributed by atoms with E-state index in [1.54, 1.807) is 6.26 Å². The summed E-state index contributed by atoms with van der Waals surface area (Å²) >= 11 is 0. The van der Waals surface area contributed by atoms with Crippen molar-refractivity contribution < 1.29 is 9.52 Å². The Hall–Kier alpha value is -1.58. The molecular weight excluding hydrogens is 238 g/mol. The van der Waals surface area contributed by atoms with Gasteiger partial charge < -0.3 is 14.8 Å². The molecule has 102 valence electrons. The number of aryl methyl sites for hydroxylation is 1. The fourth-order valence-corrected chi connectivity index (χ4v) is 2.21. The van der Waals surface area contributed by atoms with Crippen molar-refractivity contribution in [2.24, 2.45) is 0 Å². The van der Waals surface area contributed by atoms with Gasteiger partial charge in [0.15, 0.2) is 0 Å². The fraction of sp³-hybridized carbons (Fsp3) is 0.375. The van der Waals surface area contributed by atoms with Crippen LogP contribution in [0, 0.1) is 6.92 Å². The Morgan fingerprint density at radius 1 is 1.21 bits per heavy atom. The molecule has 1 heterocycles. The zero-order chi connectivity index (χ0) is 13.5. The number of benzene rings is 1. The molecular formula is C16H21NO2. The Kier molecular flexibility index (Phi) is 5.19. The van der Waals surface area contributed by atoms with Gasteiger partial charge in [-0.05, 0) is 36.5 Å². The lowest BCUT2D eigenvalue weighted by atomic mass is 9.96. The number of rotatable bonds is 7. The highest BCUT2D eigenvalue weighted by molar-refractivity contribution is 5.20. The molecule has 0 aliphatic rings. The minimum atomic E-state index is 0.209. The maximum Gasteiger partial charge on any atom is 0.120 e. The predicted octanol–water partition coefficient (Wildman–Crippen LogP) is 2.84. The molecule has 2 aromatic rings. The lowest BCUT2D eigenvalue weighted by molar-refractivity contribution is 0.273. The molecule has 3 heteroatoms. The zero-order valence-electron chi connectivity index (χ0n) is 11.3. The molecule has 2 rings (SSSR count). The van der Waals surface area contributed by atoms with Crippen molar-refractivity contribution in [1.29, 1.82) is 0 Å².